The summed E-state index contributed by atoms with van der Waals surface area (Å²) in [6.07, 6.45) is 4.15. The summed E-state index contributed by atoms with van der Waals surface area (Å²) in [5, 5.41) is 0.705. The molecule has 2 N–H and O–H groups in total. The summed E-state index contributed by atoms with van der Waals surface area (Å²) in [6.45, 7) is -0.205. The third-order valence-corrected chi connectivity index (χ3v) is 3.77. The highest BCUT2D eigenvalue weighted by Crippen LogP contribution is 2.26. The highest BCUT2D eigenvalue weighted by Gasteiger charge is 2.05. The van der Waals surface area contributed by atoms with Gasteiger partial charge >= 0.3 is 0 Å². The van der Waals surface area contributed by atoms with Crippen molar-refractivity contribution < 1.29 is 9.59 Å². The van der Waals surface area contributed by atoms with Crippen molar-refractivity contribution in [2.45, 2.75) is 6.54 Å². The lowest BCUT2D eigenvalue weighted by molar-refractivity contribution is -0.127. The Morgan fingerprint density at radius 1 is 1.08 bits per heavy atom. The molecule has 0 saturated heterocycles. The largest absolute Gasteiger partial charge is 0.306 e. The summed E-state index contributed by atoms with van der Waals surface area (Å²) in [5.74, 6) is -1.09. The number of benzene rings is 1. The van der Waals surface area contributed by atoms with Crippen LogP contribution in [0.1, 0.15) is 5.56 Å². The molecule has 2 aromatic rings. The quantitative estimate of drug-likeness (QED) is 0.642. The number of aromatic nitrogens is 1. The fourth-order valence-electron chi connectivity index (χ4n) is 1.77. The summed E-state index contributed by atoms with van der Waals surface area (Å²) in [5.41, 5.74) is 4.68. The van der Waals surface area contributed by atoms with Gasteiger partial charge in [-0.1, -0.05) is 41.4 Å². The molecule has 0 unspecified atom stereocenters. The number of nitrogens with one attached hydrogen (secondary N) is 2. The van der Waals surface area contributed by atoms with Crippen LogP contribution in [0.2, 0.25) is 10.0 Å². The molecule has 8 heteroatoms. The SMILES string of the molecule is O=C(/C=C/c1cccc(Cl)c1Cl)NNC(=O)Cn1ccccc1=O. The lowest BCUT2D eigenvalue weighted by Gasteiger charge is -2.07. The van der Waals surface area contributed by atoms with Crippen LogP contribution in [-0.4, -0.2) is 16.4 Å². The zero-order valence-electron chi connectivity index (χ0n) is 12.3. The highest BCUT2D eigenvalue weighted by atomic mass is 35.5. The van der Waals surface area contributed by atoms with Gasteiger partial charge in [0, 0.05) is 18.3 Å². The molecule has 0 atom stereocenters. The Hall–Kier alpha value is -2.57. The van der Waals surface area contributed by atoms with Crippen molar-refractivity contribution in [2.75, 3.05) is 0 Å². The van der Waals surface area contributed by atoms with Gasteiger partial charge in [-0.15, -0.1) is 0 Å². The molecular weight excluding hydrogens is 353 g/mol. The molecule has 2 amide bonds. The summed E-state index contributed by atoms with van der Waals surface area (Å²) in [4.78, 5) is 34.8. The van der Waals surface area contributed by atoms with E-state index < -0.39 is 11.8 Å². The number of carbonyl (C=O) groups is 2. The first-order chi connectivity index (χ1) is 11.5. The molecular formula is C16H13Cl2N3O3. The Morgan fingerprint density at radius 2 is 1.88 bits per heavy atom. The number of rotatable bonds is 4. The van der Waals surface area contributed by atoms with Crippen molar-refractivity contribution in [1.82, 2.24) is 15.4 Å². The van der Waals surface area contributed by atoms with E-state index in [9.17, 15) is 14.4 Å². The minimum absolute atomic E-state index is 0.205. The molecule has 24 heavy (non-hydrogen) atoms. The van der Waals surface area contributed by atoms with Gasteiger partial charge in [-0.2, -0.15) is 0 Å². The second-order valence-electron chi connectivity index (χ2n) is 4.68. The molecule has 1 aromatic carbocycles. The predicted octanol–water partition coefficient (Wildman–Crippen LogP) is 2.02. The third kappa shape index (κ3) is 4.97. The van der Waals surface area contributed by atoms with Crippen molar-refractivity contribution in [3.63, 3.8) is 0 Å². The first-order valence-electron chi connectivity index (χ1n) is 6.84. The second-order valence-corrected chi connectivity index (χ2v) is 5.47. The number of nitrogens with zero attached hydrogens (tertiary/aromatic N) is 1. The Kier molecular flexibility index (Phi) is 6.17. The maximum absolute atomic E-state index is 11.7. The maximum Gasteiger partial charge on any atom is 0.262 e. The van der Waals surface area contributed by atoms with E-state index in [2.05, 4.69) is 10.9 Å². The van der Waals surface area contributed by atoms with Gasteiger partial charge in [-0.3, -0.25) is 25.2 Å². The first kappa shape index (κ1) is 17.8. The number of halogens is 2. The minimum atomic E-state index is -0.556. The van der Waals surface area contributed by atoms with Crippen LogP contribution < -0.4 is 16.4 Å². The van der Waals surface area contributed by atoms with Crippen molar-refractivity contribution in [2.24, 2.45) is 0 Å². The molecule has 6 nitrogen and oxygen atoms in total. The van der Waals surface area contributed by atoms with Crippen molar-refractivity contribution in [3.8, 4) is 0 Å². The maximum atomic E-state index is 11.7. The molecule has 0 radical (unpaired) electrons. The second kappa shape index (κ2) is 8.33. The fourth-order valence-corrected chi connectivity index (χ4v) is 2.14. The van der Waals surface area contributed by atoms with Gasteiger partial charge in [0.1, 0.15) is 6.54 Å². The van der Waals surface area contributed by atoms with Gasteiger partial charge in [0.05, 0.1) is 10.0 Å². The number of hydrazine groups is 1. The highest BCUT2D eigenvalue weighted by molar-refractivity contribution is 6.42. The standard InChI is InChI=1S/C16H13Cl2N3O3/c17-12-5-3-4-11(16(12)18)7-8-13(22)19-20-14(23)10-21-9-2-1-6-15(21)24/h1-9H,10H2,(H,19,22)(H,20,23)/b8-7+. The van der Waals surface area contributed by atoms with E-state index in [-0.39, 0.29) is 12.1 Å². The minimum Gasteiger partial charge on any atom is -0.306 e. The first-order valence-corrected chi connectivity index (χ1v) is 7.59. The molecule has 0 aliphatic carbocycles. The zero-order valence-corrected chi connectivity index (χ0v) is 13.8. The molecule has 2 rings (SSSR count). The van der Waals surface area contributed by atoms with E-state index in [1.165, 1.54) is 29.0 Å². The summed E-state index contributed by atoms with van der Waals surface area (Å²) in [7, 11) is 0. The van der Waals surface area contributed by atoms with Crippen LogP contribution >= 0.6 is 23.2 Å². The normalized spacial score (nSPS) is 10.6. The molecule has 0 spiro atoms. The summed E-state index contributed by atoms with van der Waals surface area (Å²) in [6, 6.07) is 9.56. The lowest BCUT2D eigenvalue weighted by atomic mass is 10.2. The smallest absolute Gasteiger partial charge is 0.262 e. The topological polar surface area (TPSA) is 80.2 Å². The monoisotopic (exact) mass is 365 g/mol. The van der Waals surface area contributed by atoms with Crippen molar-refractivity contribution >= 4 is 41.1 Å². The van der Waals surface area contributed by atoms with Crippen LogP contribution in [0.5, 0.6) is 0 Å². The van der Waals surface area contributed by atoms with Crippen LogP contribution in [0.4, 0.5) is 0 Å². The van der Waals surface area contributed by atoms with Crippen LogP contribution in [0, 0.1) is 0 Å². The van der Waals surface area contributed by atoms with Crippen molar-refractivity contribution in [1.29, 1.82) is 0 Å². The number of amides is 2. The van der Waals surface area contributed by atoms with Crippen LogP contribution in [-0.2, 0) is 16.1 Å². The molecule has 1 aromatic heterocycles. The van der Waals surface area contributed by atoms with Crippen LogP contribution in [0.15, 0.2) is 53.5 Å². The van der Waals surface area contributed by atoms with Gasteiger partial charge in [0.15, 0.2) is 0 Å². The van der Waals surface area contributed by atoms with E-state index in [0.29, 0.717) is 15.6 Å². The molecule has 0 saturated carbocycles. The van der Waals surface area contributed by atoms with Crippen LogP contribution in [0.3, 0.4) is 0 Å². The fraction of sp³-hybridized carbons (Fsp3) is 0.0625. The third-order valence-electron chi connectivity index (χ3n) is 2.93. The van der Waals surface area contributed by atoms with E-state index in [1.54, 1.807) is 30.3 Å². The van der Waals surface area contributed by atoms with E-state index in [0.717, 1.165) is 0 Å². The average molecular weight is 366 g/mol. The summed E-state index contributed by atoms with van der Waals surface area (Å²) >= 11 is 11.9. The van der Waals surface area contributed by atoms with Gasteiger partial charge in [0.2, 0.25) is 0 Å². The Bertz CT molecular complexity index is 846. The van der Waals surface area contributed by atoms with Gasteiger partial charge in [-0.25, -0.2) is 0 Å². The lowest BCUT2D eigenvalue weighted by Crippen LogP contribution is -2.43. The Morgan fingerprint density at radius 3 is 2.62 bits per heavy atom. The number of hydrogen-bond acceptors (Lipinski definition) is 3. The molecule has 124 valence electrons. The van der Waals surface area contributed by atoms with Gasteiger partial charge in [0.25, 0.3) is 17.4 Å². The van der Waals surface area contributed by atoms with Crippen molar-refractivity contribution in [3.05, 3.63) is 74.6 Å². The molecule has 0 aliphatic rings. The Labute approximate surface area is 147 Å². The van der Waals surface area contributed by atoms with E-state index >= 15 is 0 Å². The number of carbonyl (C=O) groups excluding carboxylic acids is 2. The van der Waals surface area contributed by atoms with E-state index in [4.69, 9.17) is 23.2 Å². The predicted molar refractivity (Wildman–Crippen MR) is 92.5 cm³/mol. The number of pyridine rings is 1. The Balaban J connectivity index is 1.88. The van der Waals surface area contributed by atoms with Gasteiger partial charge < -0.3 is 4.57 Å². The molecule has 1 heterocycles. The molecule has 0 fully saturated rings. The molecule has 0 aliphatic heterocycles. The average Bonchev–Trinajstić information content (AvgIpc) is 2.56. The van der Waals surface area contributed by atoms with Gasteiger partial charge in [-0.05, 0) is 23.8 Å². The summed E-state index contributed by atoms with van der Waals surface area (Å²) < 4.78 is 1.21. The number of hydrogen-bond donors (Lipinski definition) is 2. The zero-order chi connectivity index (χ0) is 17.5. The van der Waals surface area contributed by atoms with Crippen LogP contribution in [0.25, 0.3) is 6.08 Å². The van der Waals surface area contributed by atoms with E-state index in [1.807, 2.05) is 0 Å². The molecule has 0 bridgehead atoms.